The first kappa shape index (κ1) is 19.0. The summed E-state index contributed by atoms with van der Waals surface area (Å²) < 4.78 is 1.69. The number of aryl methyl sites for hydroxylation is 1. The second-order valence-electron chi connectivity index (χ2n) is 6.56. The summed E-state index contributed by atoms with van der Waals surface area (Å²) >= 11 is 1.65. The van der Waals surface area contributed by atoms with Crippen LogP contribution in [0, 0.1) is 0 Å². The number of carbonyl (C=O) groups excluding carboxylic acids is 1. The average molecular weight is 404 g/mol. The van der Waals surface area contributed by atoms with Gasteiger partial charge in [-0.15, -0.1) is 11.3 Å². The van der Waals surface area contributed by atoms with Crippen molar-refractivity contribution < 1.29 is 4.79 Å². The third-order valence-electron chi connectivity index (χ3n) is 4.55. The molecule has 1 N–H and O–H groups in total. The lowest BCUT2D eigenvalue weighted by Crippen LogP contribution is -2.34. The minimum Gasteiger partial charge on any atom is -0.354 e. The summed E-state index contributed by atoms with van der Waals surface area (Å²) in [5, 5.41) is 10.4. The summed E-state index contributed by atoms with van der Waals surface area (Å²) in [5.41, 5.74) is 2.95. The van der Waals surface area contributed by atoms with Gasteiger partial charge in [-0.3, -0.25) is 14.5 Å². The van der Waals surface area contributed by atoms with Crippen molar-refractivity contribution >= 4 is 17.2 Å². The number of aromatic nitrogens is 4. The number of hydrogen-bond acceptors (Lipinski definition) is 5. The summed E-state index contributed by atoms with van der Waals surface area (Å²) in [6.07, 6.45) is 8.70. The number of pyridine rings is 1. The third kappa shape index (κ3) is 4.75. The Hall–Kier alpha value is -3.32. The van der Waals surface area contributed by atoms with E-state index in [1.54, 1.807) is 34.6 Å². The lowest BCUT2D eigenvalue weighted by Gasteiger charge is -2.17. The van der Waals surface area contributed by atoms with Crippen molar-refractivity contribution in [3.05, 3.63) is 89.3 Å². The zero-order valence-electron chi connectivity index (χ0n) is 15.8. The monoisotopic (exact) mass is 403 g/mol. The lowest BCUT2D eigenvalue weighted by molar-refractivity contribution is -0.123. The Labute approximate surface area is 173 Å². The van der Waals surface area contributed by atoms with Gasteiger partial charge in [0.15, 0.2) is 6.04 Å². The van der Waals surface area contributed by atoms with Gasteiger partial charge in [-0.05, 0) is 30.2 Å². The second-order valence-corrected chi connectivity index (χ2v) is 7.50. The highest BCUT2D eigenvalue weighted by Gasteiger charge is 2.22. The van der Waals surface area contributed by atoms with Crippen LogP contribution >= 0.6 is 11.3 Å². The van der Waals surface area contributed by atoms with Crippen LogP contribution in [-0.4, -0.2) is 32.2 Å². The van der Waals surface area contributed by atoms with E-state index < -0.39 is 6.04 Å². The van der Waals surface area contributed by atoms with Gasteiger partial charge in [0.25, 0.3) is 0 Å². The molecule has 3 heterocycles. The molecule has 6 nitrogen and oxygen atoms in total. The molecule has 0 fully saturated rings. The van der Waals surface area contributed by atoms with Gasteiger partial charge < -0.3 is 5.32 Å². The summed E-state index contributed by atoms with van der Waals surface area (Å²) in [6.45, 7) is 0.591. The largest absolute Gasteiger partial charge is 0.354 e. The molecule has 0 bridgehead atoms. The highest BCUT2D eigenvalue weighted by Crippen LogP contribution is 2.22. The fourth-order valence-electron chi connectivity index (χ4n) is 3.12. The van der Waals surface area contributed by atoms with E-state index in [2.05, 4.69) is 25.8 Å². The van der Waals surface area contributed by atoms with E-state index in [4.69, 9.17) is 0 Å². The van der Waals surface area contributed by atoms with Gasteiger partial charge in [0.2, 0.25) is 5.91 Å². The molecule has 4 rings (SSSR count). The fourth-order valence-corrected chi connectivity index (χ4v) is 3.97. The van der Waals surface area contributed by atoms with Crippen molar-refractivity contribution in [2.24, 2.45) is 0 Å². The molecule has 3 aromatic heterocycles. The van der Waals surface area contributed by atoms with Gasteiger partial charge in [0, 0.05) is 48.7 Å². The van der Waals surface area contributed by atoms with E-state index in [1.165, 1.54) is 0 Å². The number of nitrogens with zero attached hydrogens (tertiary/aromatic N) is 4. The van der Waals surface area contributed by atoms with E-state index in [-0.39, 0.29) is 5.91 Å². The molecule has 1 amide bonds. The van der Waals surface area contributed by atoms with Crippen LogP contribution in [0.2, 0.25) is 0 Å². The maximum absolute atomic E-state index is 12.9. The van der Waals surface area contributed by atoms with Crippen LogP contribution in [0.15, 0.2) is 78.7 Å². The molecule has 0 saturated heterocycles. The van der Waals surface area contributed by atoms with Crippen LogP contribution in [0.1, 0.15) is 23.0 Å². The van der Waals surface area contributed by atoms with Crippen molar-refractivity contribution in [3.63, 3.8) is 0 Å². The first-order valence-electron chi connectivity index (χ1n) is 9.48. The third-order valence-corrected chi connectivity index (χ3v) is 5.46. The minimum atomic E-state index is -0.468. The first-order chi connectivity index (χ1) is 14.3. The Morgan fingerprint density at radius 2 is 1.90 bits per heavy atom. The summed E-state index contributed by atoms with van der Waals surface area (Å²) in [6, 6.07) is 15.0. The standard InChI is InChI=1S/C22H21N5OS/c28-22(21(27-15-5-12-25-27)18-6-2-1-3-7-18)24-11-4-8-20-26-19(16-29-20)17-9-13-23-14-10-17/h1-3,5-7,9-10,12-16,21H,4,8,11H2,(H,24,28). The van der Waals surface area contributed by atoms with Crippen LogP contribution in [0.3, 0.4) is 0 Å². The molecule has 0 saturated carbocycles. The van der Waals surface area contributed by atoms with Gasteiger partial charge in [0.05, 0.1) is 10.7 Å². The van der Waals surface area contributed by atoms with Crippen molar-refractivity contribution in [3.8, 4) is 11.3 Å². The molecule has 29 heavy (non-hydrogen) atoms. The van der Waals surface area contributed by atoms with Crippen LogP contribution < -0.4 is 5.32 Å². The number of rotatable bonds is 8. The van der Waals surface area contributed by atoms with Crippen LogP contribution in [0.25, 0.3) is 11.3 Å². The zero-order chi connectivity index (χ0) is 19.9. The molecule has 0 aliphatic rings. The quantitative estimate of drug-likeness (QED) is 0.455. The maximum Gasteiger partial charge on any atom is 0.249 e. The van der Waals surface area contributed by atoms with Crippen LogP contribution in [0.4, 0.5) is 0 Å². The Kier molecular flexibility index (Phi) is 6.07. The highest BCUT2D eigenvalue weighted by molar-refractivity contribution is 7.09. The average Bonchev–Trinajstić information content (AvgIpc) is 3.45. The van der Waals surface area contributed by atoms with E-state index >= 15 is 0 Å². The number of benzene rings is 1. The molecule has 7 heteroatoms. The smallest absolute Gasteiger partial charge is 0.249 e. The predicted molar refractivity (Wildman–Crippen MR) is 113 cm³/mol. The second kappa shape index (κ2) is 9.25. The number of amides is 1. The highest BCUT2D eigenvalue weighted by atomic mass is 32.1. The van der Waals surface area contributed by atoms with Gasteiger partial charge >= 0.3 is 0 Å². The molecule has 1 atom stereocenters. The number of hydrogen-bond donors (Lipinski definition) is 1. The summed E-state index contributed by atoms with van der Waals surface area (Å²) in [7, 11) is 0. The number of carbonyl (C=O) groups is 1. The molecular formula is C22H21N5OS. The fraction of sp³-hybridized carbons (Fsp3) is 0.182. The predicted octanol–water partition coefficient (Wildman–Crippen LogP) is 3.74. The molecular weight excluding hydrogens is 382 g/mol. The molecule has 1 unspecified atom stereocenters. The summed E-state index contributed by atoms with van der Waals surface area (Å²) in [4.78, 5) is 21.6. The molecule has 0 aliphatic heterocycles. The van der Waals surface area contributed by atoms with Gasteiger partial charge in [0.1, 0.15) is 0 Å². The van der Waals surface area contributed by atoms with Crippen LogP contribution in [0.5, 0.6) is 0 Å². The van der Waals surface area contributed by atoms with Crippen LogP contribution in [-0.2, 0) is 11.2 Å². The summed E-state index contributed by atoms with van der Waals surface area (Å²) in [5.74, 6) is -0.0588. The Morgan fingerprint density at radius 1 is 1.07 bits per heavy atom. The molecule has 0 aliphatic carbocycles. The van der Waals surface area contributed by atoms with Crippen molar-refractivity contribution in [1.82, 2.24) is 25.1 Å². The van der Waals surface area contributed by atoms with Crippen molar-refractivity contribution in [2.75, 3.05) is 6.54 Å². The maximum atomic E-state index is 12.9. The Bertz CT molecular complexity index is 1030. The van der Waals surface area contributed by atoms with Crippen molar-refractivity contribution in [2.45, 2.75) is 18.9 Å². The van der Waals surface area contributed by atoms with Crippen molar-refractivity contribution in [1.29, 1.82) is 0 Å². The van der Waals surface area contributed by atoms with Gasteiger partial charge in [-0.25, -0.2) is 4.98 Å². The van der Waals surface area contributed by atoms with E-state index in [9.17, 15) is 4.79 Å². The minimum absolute atomic E-state index is 0.0588. The Balaban J connectivity index is 1.33. The molecule has 146 valence electrons. The molecule has 0 radical (unpaired) electrons. The molecule has 4 aromatic rings. The van der Waals surface area contributed by atoms with Gasteiger partial charge in [-0.1, -0.05) is 30.3 Å². The SMILES string of the molecule is O=C(NCCCc1nc(-c2ccncc2)cs1)C(c1ccccc1)n1cccn1. The topological polar surface area (TPSA) is 72.7 Å². The van der Waals surface area contributed by atoms with E-state index in [1.807, 2.05) is 54.7 Å². The Morgan fingerprint density at radius 3 is 2.66 bits per heavy atom. The normalized spacial score (nSPS) is 11.9. The zero-order valence-corrected chi connectivity index (χ0v) is 16.6. The first-order valence-corrected chi connectivity index (χ1v) is 10.4. The molecule has 0 spiro atoms. The van der Waals surface area contributed by atoms with Gasteiger partial charge in [-0.2, -0.15) is 5.10 Å². The number of thiazole rings is 1. The molecule has 1 aromatic carbocycles. The van der Waals surface area contributed by atoms with E-state index in [0.717, 1.165) is 34.7 Å². The van der Waals surface area contributed by atoms with E-state index in [0.29, 0.717) is 6.54 Å². The lowest BCUT2D eigenvalue weighted by atomic mass is 10.1. The number of nitrogens with one attached hydrogen (secondary N) is 1.